The van der Waals surface area contributed by atoms with Gasteiger partial charge in [-0.25, -0.2) is 0 Å². The molecule has 0 unspecified atom stereocenters. The molecule has 5 heteroatoms. The monoisotopic (exact) mass is 245 g/mol. The predicted octanol–water partition coefficient (Wildman–Crippen LogP) is 1.34. The average molecular weight is 245 g/mol. The van der Waals surface area contributed by atoms with Crippen molar-refractivity contribution in [1.82, 2.24) is 9.78 Å². The Bertz CT molecular complexity index is 563. The topological polar surface area (TPSA) is 70.1 Å². The first-order valence-corrected chi connectivity index (χ1v) is 5.62. The first kappa shape index (κ1) is 12.2. The SMILES string of the molecule is C[C@@H](Oc1cccc(-c2ccnn2C)c1)C(N)=O. The molecule has 0 aliphatic heterocycles. The van der Waals surface area contributed by atoms with Crippen molar-refractivity contribution >= 4 is 5.91 Å². The van der Waals surface area contributed by atoms with E-state index in [1.165, 1.54) is 0 Å². The summed E-state index contributed by atoms with van der Waals surface area (Å²) >= 11 is 0. The second kappa shape index (κ2) is 4.91. The Kier molecular flexibility index (Phi) is 3.32. The molecular formula is C13H15N3O2. The lowest BCUT2D eigenvalue weighted by atomic mass is 10.1. The molecule has 0 saturated heterocycles. The van der Waals surface area contributed by atoms with Gasteiger partial charge in [-0.2, -0.15) is 5.10 Å². The van der Waals surface area contributed by atoms with Crippen molar-refractivity contribution in [2.75, 3.05) is 0 Å². The minimum atomic E-state index is -0.646. The molecule has 2 N–H and O–H groups in total. The highest BCUT2D eigenvalue weighted by molar-refractivity contribution is 5.78. The third-order valence-corrected chi connectivity index (χ3v) is 2.66. The first-order valence-electron chi connectivity index (χ1n) is 5.62. The third kappa shape index (κ3) is 2.51. The van der Waals surface area contributed by atoms with E-state index in [-0.39, 0.29) is 0 Å². The molecule has 0 spiro atoms. The molecule has 0 bridgehead atoms. The summed E-state index contributed by atoms with van der Waals surface area (Å²) in [6, 6.07) is 9.39. The summed E-state index contributed by atoms with van der Waals surface area (Å²) in [5, 5.41) is 4.11. The lowest BCUT2D eigenvalue weighted by Crippen LogP contribution is -2.30. The average Bonchev–Trinajstić information content (AvgIpc) is 2.75. The minimum absolute atomic E-state index is 0.485. The van der Waals surface area contributed by atoms with Gasteiger partial charge in [-0.05, 0) is 25.1 Å². The molecular weight excluding hydrogens is 230 g/mol. The van der Waals surface area contributed by atoms with E-state index in [9.17, 15) is 4.79 Å². The van der Waals surface area contributed by atoms with Crippen LogP contribution in [0.3, 0.4) is 0 Å². The van der Waals surface area contributed by atoms with Crippen molar-refractivity contribution in [3.05, 3.63) is 36.5 Å². The smallest absolute Gasteiger partial charge is 0.258 e. The quantitative estimate of drug-likeness (QED) is 0.883. The highest BCUT2D eigenvalue weighted by Crippen LogP contribution is 2.23. The van der Waals surface area contributed by atoms with Crippen LogP contribution in [0.2, 0.25) is 0 Å². The fraction of sp³-hybridized carbons (Fsp3) is 0.231. The van der Waals surface area contributed by atoms with Gasteiger partial charge in [-0.1, -0.05) is 12.1 Å². The summed E-state index contributed by atoms with van der Waals surface area (Å²) in [5.41, 5.74) is 7.12. The van der Waals surface area contributed by atoms with Gasteiger partial charge in [-0.15, -0.1) is 0 Å². The van der Waals surface area contributed by atoms with Crippen molar-refractivity contribution < 1.29 is 9.53 Å². The second-order valence-corrected chi connectivity index (χ2v) is 4.03. The number of benzene rings is 1. The number of aryl methyl sites for hydroxylation is 1. The number of hydrogen-bond donors (Lipinski definition) is 1. The number of primary amides is 1. The van der Waals surface area contributed by atoms with Gasteiger partial charge >= 0.3 is 0 Å². The van der Waals surface area contributed by atoms with Gasteiger partial charge in [0.05, 0.1) is 5.69 Å². The number of ether oxygens (including phenoxy) is 1. The van der Waals surface area contributed by atoms with Gasteiger partial charge in [0.25, 0.3) is 5.91 Å². The summed E-state index contributed by atoms with van der Waals surface area (Å²) in [6.07, 6.45) is 1.08. The molecule has 0 radical (unpaired) electrons. The molecule has 1 amide bonds. The van der Waals surface area contributed by atoms with E-state index in [1.54, 1.807) is 23.9 Å². The maximum absolute atomic E-state index is 11.0. The van der Waals surface area contributed by atoms with Gasteiger partial charge in [0.2, 0.25) is 0 Å². The molecule has 5 nitrogen and oxygen atoms in total. The first-order chi connectivity index (χ1) is 8.58. The minimum Gasteiger partial charge on any atom is -0.481 e. The van der Waals surface area contributed by atoms with Crippen molar-refractivity contribution in [2.45, 2.75) is 13.0 Å². The Labute approximate surface area is 105 Å². The third-order valence-electron chi connectivity index (χ3n) is 2.66. The van der Waals surface area contributed by atoms with E-state index in [2.05, 4.69) is 5.10 Å². The Balaban J connectivity index is 2.26. The molecule has 1 aromatic heterocycles. The number of carbonyl (C=O) groups is 1. The van der Waals surface area contributed by atoms with Crippen molar-refractivity contribution in [3.8, 4) is 17.0 Å². The lowest BCUT2D eigenvalue weighted by molar-refractivity contribution is -0.123. The maximum atomic E-state index is 11.0. The summed E-state index contributed by atoms with van der Waals surface area (Å²) in [5.74, 6) is 0.126. The maximum Gasteiger partial charge on any atom is 0.258 e. The van der Waals surface area contributed by atoms with Crippen LogP contribution >= 0.6 is 0 Å². The number of hydrogen-bond acceptors (Lipinski definition) is 3. The number of nitrogens with two attached hydrogens (primary N) is 1. The van der Waals surface area contributed by atoms with Gasteiger partial charge in [0.15, 0.2) is 6.10 Å². The summed E-state index contributed by atoms with van der Waals surface area (Å²) in [6.45, 7) is 1.62. The summed E-state index contributed by atoms with van der Waals surface area (Å²) < 4.78 is 7.22. The zero-order valence-electron chi connectivity index (χ0n) is 10.3. The van der Waals surface area contributed by atoms with Crippen LogP contribution in [0.5, 0.6) is 5.75 Å². The van der Waals surface area contributed by atoms with E-state index >= 15 is 0 Å². The molecule has 0 saturated carbocycles. The fourth-order valence-corrected chi connectivity index (χ4v) is 1.65. The van der Waals surface area contributed by atoms with Gasteiger partial charge in [0, 0.05) is 18.8 Å². The number of aromatic nitrogens is 2. The van der Waals surface area contributed by atoms with Crippen LogP contribution in [0.1, 0.15) is 6.92 Å². The Morgan fingerprint density at radius 3 is 2.83 bits per heavy atom. The molecule has 0 aliphatic rings. The Hall–Kier alpha value is -2.30. The molecule has 0 fully saturated rings. The Morgan fingerprint density at radius 2 is 2.22 bits per heavy atom. The van der Waals surface area contributed by atoms with E-state index < -0.39 is 12.0 Å². The van der Waals surface area contributed by atoms with Crippen LogP contribution in [-0.4, -0.2) is 21.8 Å². The highest BCUT2D eigenvalue weighted by Gasteiger charge is 2.11. The van der Waals surface area contributed by atoms with Crippen LogP contribution in [0.25, 0.3) is 11.3 Å². The summed E-state index contributed by atoms with van der Waals surface area (Å²) in [7, 11) is 1.87. The second-order valence-electron chi connectivity index (χ2n) is 4.03. The standard InChI is InChI=1S/C13H15N3O2/c1-9(13(14)17)18-11-5-3-4-10(8-11)12-6-7-15-16(12)2/h3-9H,1-2H3,(H2,14,17)/t9-/m1/s1. The Morgan fingerprint density at radius 1 is 1.44 bits per heavy atom. The van der Waals surface area contributed by atoms with Gasteiger partial charge in [-0.3, -0.25) is 9.48 Å². The van der Waals surface area contributed by atoms with Crippen molar-refractivity contribution in [2.24, 2.45) is 12.8 Å². The molecule has 2 aromatic rings. The van der Waals surface area contributed by atoms with E-state index in [1.807, 2.05) is 31.3 Å². The van der Waals surface area contributed by atoms with Crippen LogP contribution in [0.15, 0.2) is 36.5 Å². The molecule has 1 aromatic carbocycles. The van der Waals surface area contributed by atoms with E-state index in [4.69, 9.17) is 10.5 Å². The van der Waals surface area contributed by atoms with E-state index in [0.717, 1.165) is 11.3 Å². The largest absolute Gasteiger partial charge is 0.481 e. The van der Waals surface area contributed by atoms with E-state index in [0.29, 0.717) is 5.75 Å². The molecule has 18 heavy (non-hydrogen) atoms. The van der Waals surface area contributed by atoms with Crippen LogP contribution in [-0.2, 0) is 11.8 Å². The highest BCUT2D eigenvalue weighted by atomic mass is 16.5. The number of amides is 1. The van der Waals surface area contributed by atoms with Crippen molar-refractivity contribution in [3.63, 3.8) is 0 Å². The van der Waals surface area contributed by atoms with Crippen LogP contribution in [0.4, 0.5) is 0 Å². The zero-order valence-corrected chi connectivity index (χ0v) is 10.3. The fourth-order valence-electron chi connectivity index (χ4n) is 1.65. The number of carbonyl (C=O) groups excluding carboxylic acids is 1. The zero-order chi connectivity index (χ0) is 13.1. The lowest BCUT2D eigenvalue weighted by Gasteiger charge is -2.12. The predicted molar refractivity (Wildman–Crippen MR) is 67.9 cm³/mol. The summed E-state index contributed by atoms with van der Waals surface area (Å²) in [4.78, 5) is 11.0. The molecule has 2 rings (SSSR count). The van der Waals surface area contributed by atoms with Gasteiger partial charge in [0.1, 0.15) is 5.75 Å². The molecule has 0 aliphatic carbocycles. The van der Waals surface area contributed by atoms with Crippen LogP contribution in [0, 0.1) is 0 Å². The molecule has 94 valence electrons. The molecule has 1 heterocycles. The molecule has 1 atom stereocenters. The van der Waals surface area contributed by atoms with Crippen LogP contribution < -0.4 is 10.5 Å². The number of nitrogens with zero attached hydrogens (tertiary/aromatic N) is 2. The normalized spacial score (nSPS) is 12.1. The number of rotatable bonds is 4. The van der Waals surface area contributed by atoms with Gasteiger partial charge < -0.3 is 10.5 Å². The van der Waals surface area contributed by atoms with Crippen molar-refractivity contribution in [1.29, 1.82) is 0 Å².